The summed E-state index contributed by atoms with van der Waals surface area (Å²) in [5, 5.41) is 0. The second kappa shape index (κ2) is 6.78. The molecule has 1 amide bonds. The summed E-state index contributed by atoms with van der Waals surface area (Å²) in [6.07, 6.45) is 5.90. The largest absolute Gasteiger partial charge is 0.370 e. The van der Waals surface area contributed by atoms with Gasteiger partial charge in [-0.1, -0.05) is 6.92 Å². The van der Waals surface area contributed by atoms with Gasteiger partial charge in [0.25, 0.3) is 0 Å². The molecule has 0 aromatic carbocycles. The van der Waals surface area contributed by atoms with E-state index in [0.717, 1.165) is 45.4 Å². The monoisotopic (exact) mass is 266 g/mol. The zero-order valence-corrected chi connectivity index (χ0v) is 12.0. The van der Waals surface area contributed by atoms with Crippen LogP contribution in [0.25, 0.3) is 0 Å². The molecular formula is C14H26N4O. The first-order valence-corrected chi connectivity index (χ1v) is 7.49. The summed E-state index contributed by atoms with van der Waals surface area (Å²) in [5.41, 5.74) is 5.99. The number of hydrogen-bond acceptors (Lipinski definition) is 2. The van der Waals surface area contributed by atoms with Crippen LogP contribution in [0.3, 0.4) is 0 Å². The number of aliphatic imine (C=N–C) groups is 1. The van der Waals surface area contributed by atoms with Crippen LogP contribution in [0.15, 0.2) is 4.99 Å². The smallest absolute Gasteiger partial charge is 0.244 e. The number of piperidine rings is 2. The van der Waals surface area contributed by atoms with Crippen LogP contribution in [0.2, 0.25) is 0 Å². The lowest BCUT2D eigenvalue weighted by atomic mass is 10.0. The van der Waals surface area contributed by atoms with Gasteiger partial charge in [0.05, 0.1) is 0 Å². The van der Waals surface area contributed by atoms with Crippen molar-refractivity contribution >= 4 is 11.9 Å². The van der Waals surface area contributed by atoms with Crippen LogP contribution in [-0.4, -0.2) is 54.4 Å². The number of amides is 1. The fourth-order valence-corrected chi connectivity index (χ4v) is 2.89. The molecule has 0 spiro atoms. The average molecular weight is 266 g/mol. The molecule has 0 bridgehead atoms. The molecule has 2 fully saturated rings. The minimum atomic E-state index is 0.118. The van der Waals surface area contributed by atoms with Gasteiger partial charge in [0.15, 0.2) is 5.96 Å². The van der Waals surface area contributed by atoms with E-state index in [1.165, 1.54) is 12.8 Å². The molecule has 1 unspecified atom stereocenters. The molecule has 0 aromatic heterocycles. The van der Waals surface area contributed by atoms with Crippen molar-refractivity contribution in [2.75, 3.05) is 32.7 Å². The second-order valence-electron chi connectivity index (χ2n) is 5.81. The Kier molecular flexibility index (Phi) is 5.05. The number of carbonyl (C=O) groups excluding carboxylic acids is 1. The van der Waals surface area contributed by atoms with Gasteiger partial charge in [-0.2, -0.15) is 0 Å². The van der Waals surface area contributed by atoms with Crippen molar-refractivity contribution in [2.45, 2.75) is 39.0 Å². The normalized spacial score (nSPS) is 25.5. The fraction of sp³-hybridized carbons (Fsp3) is 0.857. The Labute approximate surface area is 115 Å². The average Bonchev–Trinajstić information content (AvgIpc) is 2.45. The van der Waals surface area contributed by atoms with Gasteiger partial charge in [-0.05, 0) is 38.0 Å². The Morgan fingerprint density at radius 1 is 1.16 bits per heavy atom. The van der Waals surface area contributed by atoms with Crippen LogP contribution < -0.4 is 5.73 Å². The van der Waals surface area contributed by atoms with Gasteiger partial charge < -0.3 is 15.5 Å². The SMILES string of the molecule is CC1CCCN(C(N)=NCC(=O)N2CCCCC2)C1. The number of nitrogens with zero attached hydrogens (tertiary/aromatic N) is 3. The third-order valence-electron chi connectivity index (χ3n) is 4.07. The summed E-state index contributed by atoms with van der Waals surface area (Å²) < 4.78 is 0. The van der Waals surface area contributed by atoms with Gasteiger partial charge in [-0.15, -0.1) is 0 Å². The van der Waals surface area contributed by atoms with Crippen molar-refractivity contribution in [1.82, 2.24) is 9.80 Å². The number of rotatable bonds is 2. The van der Waals surface area contributed by atoms with Crippen molar-refractivity contribution in [3.05, 3.63) is 0 Å². The quantitative estimate of drug-likeness (QED) is 0.600. The predicted molar refractivity (Wildman–Crippen MR) is 76.9 cm³/mol. The van der Waals surface area contributed by atoms with Gasteiger partial charge >= 0.3 is 0 Å². The lowest BCUT2D eigenvalue weighted by molar-refractivity contribution is -0.130. The highest BCUT2D eigenvalue weighted by molar-refractivity contribution is 5.84. The lowest BCUT2D eigenvalue weighted by Gasteiger charge is -2.32. The van der Waals surface area contributed by atoms with Crippen molar-refractivity contribution in [3.63, 3.8) is 0 Å². The van der Waals surface area contributed by atoms with Crippen LogP contribution in [0.5, 0.6) is 0 Å². The Morgan fingerprint density at radius 3 is 2.53 bits per heavy atom. The molecule has 108 valence electrons. The topological polar surface area (TPSA) is 61.9 Å². The summed E-state index contributed by atoms with van der Waals surface area (Å²) in [5.74, 6) is 1.32. The van der Waals surface area contributed by atoms with E-state index < -0.39 is 0 Å². The third kappa shape index (κ3) is 4.11. The molecule has 2 heterocycles. The highest BCUT2D eigenvalue weighted by Crippen LogP contribution is 2.15. The molecular weight excluding hydrogens is 240 g/mol. The third-order valence-corrected chi connectivity index (χ3v) is 4.07. The molecule has 19 heavy (non-hydrogen) atoms. The zero-order chi connectivity index (χ0) is 13.7. The summed E-state index contributed by atoms with van der Waals surface area (Å²) in [6.45, 7) is 6.14. The number of guanidine groups is 1. The van der Waals surface area contributed by atoms with Gasteiger partial charge in [-0.3, -0.25) is 4.79 Å². The number of likely N-dealkylation sites (tertiary alicyclic amines) is 2. The zero-order valence-electron chi connectivity index (χ0n) is 12.0. The van der Waals surface area contributed by atoms with Crippen LogP contribution in [0.1, 0.15) is 39.0 Å². The van der Waals surface area contributed by atoms with E-state index >= 15 is 0 Å². The summed E-state index contributed by atoms with van der Waals surface area (Å²) in [7, 11) is 0. The second-order valence-corrected chi connectivity index (χ2v) is 5.81. The molecule has 2 aliphatic rings. The molecule has 5 nitrogen and oxygen atoms in total. The molecule has 2 N–H and O–H groups in total. The molecule has 0 aliphatic carbocycles. The molecule has 5 heteroatoms. The first-order valence-electron chi connectivity index (χ1n) is 7.49. The van der Waals surface area contributed by atoms with Crippen LogP contribution in [-0.2, 0) is 4.79 Å². The first kappa shape index (κ1) is 14.2. The maximum Gasteiger partial charge on any atom is 0.244 e. The summed E-state index contributed by atoms with van der Waals surface area (Å²) in [6, 6.07) is 0. The minimum absolute atomic E-state index is 0.118. The Balaban J connectivity index is 1.81. The van der Waals surface area contributed by atoms with E-state index in [9.17, 15) is 4.79 Å². The number of carbonyl (C=O) groups is 1. The maximum absolute atomic E-state index is 12.0. The van der Waals surface area contributed by atoms with E-state index in [0.29, 0.717) is 11.9 Å². The lowest BCUT2D eigenvalue weighted by Crippen LogP contribution is -2.44. The molecule has 2 saturated heterocycles. The van der Waals surface area contributed by atoms with E-state index in [2.05, 4.69) is 16.8 Å². The highest BCUT2D eigenvalue weighted by Gasteiger charge is 2.19. The standard InChI is InChI=1S/C14H26N4O/c1-12-6-5-9-18(11-12)14(15)16-10-13(19)17-7-3-2-4-8-17/h12H,2-11H2,1H3,(H2,15,16). The van der Waals surface area contributed by atoms with Crippen molar-refractivity contribution in [1.29, 1.82) is 0 Å². The molecule has 0 aromatic rings. The molecule has 1 atom stereocenters. The van der Waals surface area contributed by atoms with Crippen molar-refractivity contribution in [3.8, 4) is 0 Å². The highest BCUT2D eigenvalue weighted by atomic mass is 16.2. The van der Waals surface area contributed by atoms with Gasteiger partial charge in [0.1, 0.15) is 6.54 Å². The summed E-state index contributed by atoms with van der Waals surface area (Å²) in [4.78, 5) is 20.3. The van der Waals surface area contributed by atoms with E-state index in [1.807, 2.05) is 4.90 Å². The van der Waals surface area contributed by atoms with Gasteiger partial charge in [0.2, 0.25) is 5.91 Å². The van der Waals surface area contributed by atoms with Gasteiger partial charge in [-0.25, -0.2) is 4.99 Å². The summed E-state index contributed by atoms with van der Waals surface area (Å²) >= 11 is 0. The van der Waals surface area contributed by atoms with E-state index in [-0.39, 0.29) is 12.5 Å². The molecule has 0 radical (unpaired) electrons. The van der Waals surface area contributed by atoms with E-state index in [1.54, 1.807) is 0 Å². The van der Waals surface area contributed by atoms with Crippen LogP contribution in [0.4, 0.5) is 0 Å². The van der Waals surface area contributed by atoms with E-state index in [4.69, 9.17) is 5.73 Å². The van der Waals surface area contributed by atoms with Crippen LogP contribution >= 0.6 is 0 Å². The fourth-order valence-electron chi connectivity index (χ4n) is 2.89. The van der Waals surface area contributed by atoms with Crippen molar-refractivity contribution < 1.29 is 4.79 Å². The first-order chi connectivity index (χ1) is 9.16. The minimum Gasteiger partial charge on any atom is -0.370 e. The Morgan fingerprint density at radius 2 is 1.84 bits per heavy atom. The predicted octanol–water partition coefficient (Wildman–Crippen LogP) is 1.05. The molecule has 0 saturated carbocycles. The number of hydrogen-bond donors (Lipinski definition) is 1. The van der Waals surface area contributed by atoms with Gasteiger partial charge in [0, 0.05) is 26.2 Å². The molecule has 2 rings (SSSR count). The maximum atomic E-state index is 12.0. The van der Waals surface area contributed by atoms with Crippen LogP contribution in [0, 0.1) is 5.92 Å². The Hall–Kier alpha value is -1.26. The van der Waals surface area contributed by atoms with Crippen molar-refractivity contribution in [2.24, 2.45) is 16.6 Å². The number of nitrogens with two attached hydrogens (primary N) is 1. The molecule has 2 aliphatic heterocycles. The Bertz CT molecular complexity index is 336.